The summed E-state index contributed by atoms with van der Waals surface area (Å²) in [6, 6.07) is 3.29. The van der Waals surface area contributed by atoms with E-state index in [4.69, 9.17) is 0 Å². The largest absolute Gasteiger partial charge is 0.416 e. The van der Waals surface area contributed by atoms with Crippen molar-refractivity contribution < 1.29 is 18.0 Å². The van der Waals surface area contributed by atoms with Crippen LogP contribution in [0.5, 0.6) is 0 Å². The quantitative estimate of drug-likeness (QED) is 0.730. The molecular formula is C17H17F3N6O. The van der Waals surface area contributed by atoms with Crippen molar-refractivity contribution in [3.8, 4) is 0 Å². The summed E-state index contributed by atoms with van der Waals surface area (Å²) in [5.74, 6) is -0.124. The van der Waals surface area contributed by atoms with Crippen molar-refractivity contribution in [2.24, 2.45) is 0 Å². The van der Waals surface area contributed by atoms with Crippen molar-refractivity contribution in [1.82, 2.24) is 24.9 Å². The number of aromatic nitrogens is 4. The van der Waals surface area contributed by atoms with Gasteiger partial charge in [0.2, 0.25) is 0 Å². The highest BCUT2D eigenvalue weighted by Gasteiger charge is 2.30. The zero-order valence-corrected chi connectivity index (χ0v) is 14.8. The number of amides is 1. The minimum atomic E-state index is -4.47. The summed E-state index contributed by atoms with van der Waals surface area (Å²) in [6.45, 7) is 5.53. The van der Waals surface area contributed by atoms with Gasteiger partial charge in [0.1, 0.15) is 17.2 Å². The van der Waals surface area contributed by atoms with Gasteiger partial charge in [-0.3, -0.25) is 4.79 Å². The molecule has 1 amide bonds. The molecule has 0 bridgehead atoms. The molecule has 0 unspecified atom stereocenters. The normalized spacial score (nSPS) is 12.2. The molecule has 10 heteroatoms. The van der Waals surface area contributed by atoms with E-state index in [1.54, 1.807) is 6.20 Å². The summed E-state index contributed by atoms with van der Waals surface area (Å²) in [5.41, 5.74) is -0.738. The predicted molar refractivity (Wildman–Crippen MR) is 92.7 cm³/mol. The number of carbonyl (C=O) groups is 1. The molecule has 0 spiro atoms. The van der Waals surface area contributed by atoms with Crippen LogP contribution in [0.3, 0.4) is 0 Å². The lowest BCUT2D eigenvalue weighted by molar-refractivity contribution is -0.137. The molecule has 0 aromatic carbocycles. The molecule has 0 aliphatic rings. The van der Waals surface area contributed by atoms with Crippen molar-refractivity contribution in [2.45, 2.75) is 32.5 Å². The van der Waals surface area contributed by atoms with E-state index < -0.39 is 17.3 Å². The third kappa shape index (κ3) is 4.33. The maximum absolute atomic E-state index is 12.8. The van der Waals surface area contributed by atoms with Gasteiger partial charge < -0.3 is 10.6 Å². The molecule has 0 fully saturated rings. The molecule has 2 N–H and O–H groups in total. The van der Waals surface area contributed by atoms with Crippen molar-refractivity contribution in [3.05, 3.63) is 47.9 Å². The molecule has 3 aromatic rings. The fraction of sp³-hybridized carbons (Fsp3) is 0.294. The molecule has 0 radical (unpaired) electrons. The summed E-state index contributed by atoms with van der Waals surface area (Å²) in [4.78, 5) is 20.5. The zero-order valence-electron chi connectivity index (χ0n) is 14.8. The van der Waals surface area contributed by atoms with Gasteiger partial charge in [0.25, 0.3) is 5.91 Å². The topological polar surface area (TPSA) is 84.2 Å². The number of alkyl halides is 3. The summed E-state index contributed by atoms with van der Waals surface area (Å²) >= 11 is 0. The Morgan fingerprint density at radius 2 is 1.89 bits per heavy atom. The summed E-state index contributed by atoms with van der Waals surface area (Å²) in [6.07, 6.45) is -0.479. The third-order valence-electron chi connectivity index (χ3n) is 3.45. The van der Waals surface area contributed by atoms with Gasteiger partial charge in [-0.2, -0.15) is 18.3 Å². The Kier molecular flexibility index (Phi) is 4.50. The van der Waals surface area contributed by atoms with Crippen LogP contribution in [0.2, 0.25) is 0 Å². The van der Waals surface area contributed by atoms with E-state index in [0.29, 0.717) is 0 Å². The van der Waals surface area contributed by atoms with E-state index in [2.05, 4.69) is 25.7 Å². The first kappa shape index (κ1) is 18.6. The maximum atomic E-state index is 12.8. The minimum Gasteiger partial charge on any atom is -0.347 e. The molecule has 0 atom stereocenters. The Bertz CT molecular complexity index is 990. The van der Waals surface area contributed by atoms with E-state index in [1.165, 1.54) is 16.8 Å². The van der Waals surface area contributed by atoms with Gasteiger partial charge in [-0.05, 0) is 39.0 Å². The van der Waals surface area contributed by atoms with Crippen molar-refractivity contribution >= 4 is 23.2 Å². The lowest BCUT2D eigenvalue weighted by atomic mass is 10.1. The lowest BCUT2D eigenvalue weighted by Gasteiger charge is -2.19. The Labute approximate surface area is 152 Å². The number of hydrogen-bond donors (Lipinski definition) is 2. The summed E-state index contributed by atoms with van der Waals surface area (Å²) in [5, 5.41) is 9.60. The van der Waals surface area contributed by atoms with Crippen LogP contribution < -0.4 is 10.6 Å². The minimum absolute atomic E-state index is 0.0121. The highest BCUT2D eigenvalue weighted by molar-refractivity contribution is 6.00. The SMILES string of the molecule is CC(C)(C)NC(=O)c1cnn2ccc(Nc3cc(C(F)(F)F)ccn3)nc12. The molecule has 3 aromatic heterocycles. The van der Waals surface area contributed by atoms with Crippen molar-refractivity contribution in [3.63, 3.8) is 0 Å². The number of rotatable bonds is 3. The first-order valence-electron chi connectivity index (χ1n) is 8.00. The number of fused-ring (bicyclic) bond motifs is 1. The van der Waals surface area contributed by atoms with E-state index >= 15 is 0 Å². The van der Waals surface area contributed by atoms with Gasteiger partial charge in [0.05, 0.1) is 11.8 Å². The van der Waals surface area contributed by atoms with E-state index in [0.717, 1.165) is 18.3 Å². The van der Waals surface area contributed by atoms with Gasteiger partial charge in [0, 0.05) is 17.9 Å². The van der Waals surface area contributed by atoms with E-state index in [-0.39, 0.29) is 28.8 Å². The molecule has 7 nitrogen and oxygen atoms in total. The molecule has 142 valence electrons. The fourth-order valence-corrected chi connectivity index (χ4v) is 2.31. The van der Waals surface area contributed by atoms with E-state index in [1.807, 2.05) is 20.8 Å². The molecule has 0 aliphatic heterocycles. The first-order valence-corrected chi connectivity index (χ1v) is 8.00. The van der Waals surface area contributed by atoms with Gasteiger partial charge in [0.15, 0.2) is 5.65 Å². The van der Waals surface area contributed by atoms with Crippen LogP contribution in [0.15, 0.2) is 36.8 Å². The van der Waals surface area contributed by atoms with Gasteiger partial charge in [-0.15, -0.1) is 0 Å². The zero-order chi connectivity index (χ0) is 19.8. The number of nitrogens with zero attached hydrogens (tertiary/aromatic N) is 4. The Balaban J connectivity index is 1.91. The van der Waals surface area contributed by atoms with Crippen LogP contribution in [0.1, 0.15) is 36.7 Å². The molecule has 3 rings (SSSR count). The second-order valence-electron chi connectivity index (χ2n) is 6.90. The van der Waals surface area contributed by atoms with Gasteiger partial charge in [-0.1, -0.05) is 0 Å². The van der Waals surface area contributed by atoms with Crippen molar-refractivity contribution in [1.29, 1.82) is 0 Å². The summed E-state index contributed by atoms with van der Waals surface area (Å²) in [7, 11) is 0. The average molecular weight is 378 g/mol. The smallest absolute Gasteiger partial charge is 0.347 e. The molecule has 0 saturated carbocycles. The highest BCUT2D eigenvalue weighted by atomic mass is 19.4. The number of anilines is 2. The highest BCUT2D eigenvalue weighted by Crippen LogP contribution is 2.30. The van der Waals surface area contributed by atoms with Crippen LogP contribution in [-0.4, -0.2) is 31.0 Å². The summed E-state index contributed by atoms with van der Waals surface area (Å²) < 4.78 is 39.9. The lowest BCUT2D eigenvalue weighted by Crippen LogP contribution is -2.40. The van der Waals surface area contributed by atoms with Crippen LogP contribution in [0.4, 0.5) is 24.8 Å². The second-order valence-corrected chi connectivity index (χ2v) is 6.90. The molecule has 0 aliphatic carbocycles. The second kappa shape index (κ2) is 6.53. The van der Waals surface area contributed by atoms with Gasteiger partial charge >= 0.3 is 6.18 Å². The monoisotopic (exact) mass is 378 g/mol. The number of nitrogens with one attached hydrogen (secondary N) is 2. The third-order valence-corrected chi connectivity index (χ3v) is 3.45. The van der Waals surface area contributed by atoms with Crippen LogP contribution >= 0.6 is 0 Å². The van der Waals surface area contributed by atoms with Crippen LogP contribution in [0.25, 0.3) is 5.65 Å². The van der Waals surface area contributed by atoms with Crippen molar-refractivity contribution in [2.75, 3.05) is 5.32 Å². The Hall–Kier alpha value is -3.17. The van der Waals surface area contributed by atoms with Gasteiger partial charge in [-0.25, -0.2) is 14.5 Å². The maximum Gasteiger partial charge on any atom is 0.416 e. The number of pyridine rings is 1. The Morgan fingerprint density at radius 3 is 2.56 bits per heavy atom. The molecule has 0 saturated heterocycles. The number of halogens is 3. The molecule has 27 heavy (non-hydrogen) atoms. The standard InChI is InChI=1S/C17H17F3N6O/c1-16(2,3)25-15(27)11-9-22-26-7-5-12(24-14(11)26)23-13-8-10(4-6-21-13)17(18,19)20/h4-9H,1-3H3,(H,25,27)(H,21,23,24). The number of carbonyl (C=O) groups excluding carboxylic acids is 1. The van der Waals surface area contributed by atoms with E-state index in [9.17, 15) is 18.0 Å². The number of hydrogen-bond acceptors (Lipinski definition) is 5. The van der Waals surface area contributed by atoms with Crippen LogP contribution in [-0.2, 0) is 6.18 Å². The predicted octanol–water partition coefficient (Wildman–Crippen LogP) is 3.42. The van der Waals surface area contributed by atoms with Crippen LogP contribution in [0, 0.1) is 0 Å². The average Bonchev–Trinajstić information content (AvgIpc) is 2.96. The first-order chi connectivity index (χ1) is 12.5. The molecular weight excluding hydrogens is 361 g/mol. The Morgan fingerprint density at radius 1 is 1.15 bits per heavy atom. The fourth-order valence-electron chi connectivity index (χ4n) is 2.31. The molecule has 3 heterocycles.